The standard InChI is InChI=1S/C26H51NO5S/c1-3-5-7-9-10-11-12-13-14-15-16-18-20-22-26(29)27-24(23-33(30,31)32)25(28)21-19-17-8-6-4-2/h19,21,24-25,28H,3-18,20,22-23H2,1-2H3,(H,27,29)(H,30,31,32)/b21-19+. The lowest BCUT2D eigenvalue weighted by molar-refractivity contribution is -0.122. The van der Waals surface area contributed by atoms with Gasteiger partial charge in [-0.1, -0.05) is 116 Å². The third-order valence-electron chi connectivity index (χ3n) is 5.96. The van der Waals surface area contributed by atoms with Crippen molar-refractivity contribution < 1.29 is 22.9 Å². The van der Waals surface area contributed by atoms with Crippen LogP contribution in [-0.2, 0) is 14.9 Å². The van der Waals surface area contributed by atoms with Crippen LogP contribution >= 0.6 is 0 Å². The smallest absolute Gasteiger partial charge is 0.267 e. The molecule has 33 heavy (non-hydrogen) atoms. The van der Waals surface area contributed by atoms with Crippen molar-refractivity contribution >= 4 is 16.0 Å². The molecular formula is C26H51NO5S. The van der Waals surface area contributed by atoms with E-state index in [1.807, 2.05) is 0 Å². The van der Waals surface area contributed by atoms with Gasteiger partial charge in [0.15, 0.2) is 0 Å². The second-order valence-electron chi connectivity index (χ2n) is 9.33. The molecule has 3 N–H and O–H groups in total. The lowest BCUT2D eigenvalue weighted by Gasteiger charge is -2.21. The maximum atomic E-state index is 12.2. The summed E-state index contributed by atoms with van der Waals surface area (Å²) in [4.78, 5) is 12.2. The van der Waals surface area contributed by atoms with Crippen LogP contribution in [0.2, 0.25) is 0 Å². The Balaban J connectivity index is 4.00. The molecule has 0 aliphatic rings. The third-order valence-corrected chi connectivity index (χ3v) is 6.74. The van der Waals surface area contributed by atoms with E-state index in [1.54, 1.807) is 6.08 Å². The van der Waals surface area contributed by atoms with E-state index in [9.17, 15) is 22.9 Å². The van der Waals surface area contributed by atoms with Crippen molar-refractivity contribution in [3.8, 4) is 0 Å². The second kappa shape index (κ2) is 21.6. The highest BCUT2D eigenvalue weighted by Gasteiger charge is 2.24. The van der Waals surface area contributed by atoms with Gasteiger partial charge in [0, 0.05) is 6.42 Å². The first-order valence-electron chi connectivity index (χ1n) is 13.4. The van der Waals surface area contributed by atoms with E-state index in [0.717, 1.165) is 44.9 Å². The van der Waals surface area contributed by atoms with Crippen molar-refractivity contribution in [3.05, 3.63) is 12.2 Å². The van der Waals surface area contributed by atoms with Gasteiger partial charge >= 0.3 is 0 Å². The van der Waals surface area contributed by atoms with Crippen LogP contribution in [0, 0.1) is 0 Å². The number of nitrogens with one attached hydrogen (secondary N) is 1. The van der Waals surface area contributed by atoms with Crippen molar-refractivity contribution in [2.24, 2.45) is 0 Å². The number of hydrogen-bond donors (Lipinski definition) is 3. The summed E-state index contributed by atoms with van der Waals surface area (Å²) < 4.78 is 31.8. The average molecular weight is 490 g/mol. The molecule has 0 radical (unpaired) electrons. The van der Waals surface area contributed by atoms with Crippen molar-refractivity contribution in [3.63, 3.8) is 0 Å². The zero-order valence-electron chi connectivity index (χ0n) is 21.3. The number of carbonyl (C=O) groups excluding carboxylic acids is 1. The first-order valence-corrected chi connectivity index (χ1v) is 15.0. The van der Waals surface area contributed by atoms with Crippen molar-refractivity contribution in [1.82, 2.24) is 5.32 Å². The van der Waals surface area contributed by atoms with Gasteiger partial charge in [0.2, 0.25) is 5.91 Å². The molecule has 2 atom stereocenters. The lowest BCUT2D eigenvalue weighted by Crippen LogP contribution is -2.46. The first kappa shape index (κ1) is 32.1. The number of aliphatic hydroxyl groups is 1. The molecule has 196 valence electrons. The monoisotopic (exact) mass is 489 g/mol. The molecule has 0 rings (SSSR count). The summed E-state index contributed by atoms with van der Waals surface area (Å²) in [6, 6.07) is -1.04. The fraction of sp³-hybridized carbons (Fsp3) is 0.885. The molecule has 0 fully saturated rings. The van der Waals surface area contributed by atoms with E-state index >= 15 is 0 Å². The number of amides is 1. The van der Waals surface area contributed by atoms with E-state index < -0.39 is 28.0 Å². The molecule has 1 amide bonds. The number of hydrogen-bond acceptors (Lipinski definition) is 4. The summed E-state index contributed by atoms with van der Waals surface area (Å²) >= 11 is 0. The Morgan fingerprint density at radius 3 is 1.73 bits per heavy atom. The summed E-state index contributed by atoms with van der Waals surface area (Å²) in [5, 5.41) is 12.9. The summed E-state index contributed by atoms with van der Waals surface area (Å²) in [6.07, 6.45) is 22.4. The second-order valence-corrected chi connectivity index (χ2v) is 10.8. The van der Waals surface area contributed by atoms with Gasteiger partial charge in [-0.25, -0.2) is 0 Å². The Morgan fingerprint density at radius 2 is 1.24 bits per heavy atom. The first-order chi connectivity index (χ1) is 15.8. The largest absolute Gasteiger partial charge is 0.387 e. The third kappa shape index (κ3) is 22.6. The molecule has 0 heterocycles. The highest BCUT2D eigenvalue weighted by Crippen LogP contribution is 2.13. The fourth-order valence-electron chi connectivity index (χ4n) is 3.92. The van der Waals surface area contributed by atoms with Gasteiger partial charge < -0.3 is 10.4 Å². The molecule has 0 spiro atoms. The summed E-state index contributed by atoms with van der Waals surface area (Å²) in [5.74, 6) is -0.984. The van der Waals surface area contributed by atoms with Gasteiger partial charge in [0.25, 0.3) is 10.1 Å². The SMILES string of the molecule is CCCCC/C=C/C(O)C(CS(=O)(=O)O)NC(=O)CCCCCCCCCCCCCCC. The van der Waals surface area contributed by atoms with Crippen LogP contribution in [0.5, 0.6) is 0 Å². The van der Waals surface area contributed by atoms with Gasteiger partial charge in [-0.3, -0.25) is 9.35 Å². The van der Waals surface area contributed by atoms with Crippen molar-refractivity contribution in [2.75, 3.05) is 5.75 Å². The van der Waals surface area contributed by atoms with Gasteiger partial charge in [-0.15, -0.1) is 0 Å². The molecule has 0 aromatic carbocycles. The average Bonchev–Trinajstić information content (AvgIpc) is 2.75. The van der Waals surface area contributed by atoms with E-state index in [0.29, 0.717) is 6.42 Å². The Morgan fingerprint density at radius 1 is 0.788 bits per heavy atom. The molecule has 0 saturated heterocycles. The van der Waals surface area contributed by atoms with Crippen LogP contribution < -0.4 is 5.32 Å². The topological polar surface area (TPSA) is 104 Å². The van der Waals surface area contributed by atoms with Crippen molar-refractivity contribution in [2.45, 2.75) is 142 Å². The summed E-state index contributed by atoms with van der Waals surface area (Å²) in [7, 11) is -4.31. The molecule has 0 aliphatic heterocycles. The number of unbranched alkanes of at least 4 members (excludes halogenated alkanes) is 15. The van der Waals surface area contributed by atoms with Gasteiger partial charge in [-0.05, 0) is 19.3 Å². The fourth-order valence-corrected chi connectivity index (χ4v) is 4.65. The predicted octanol–water partition coefficient (Wildman–Crippen LogP) is 6.34. The number of carbonyl (C=O) groups is 1. The van der Waals surface area contributed by atoms with Crippen molar-refractivity contribution in [1.29, 1.82) is 0 Å². The van der Waals surface area contributed by atoms with Gasteiger partial charge in [0.05, 0.1) is 17.9 Å². The molecule has 0 saturated carbocycles. The highest BCUT2D eigenvalue weighted by atomic mass is 32.2. The Hall–Kier alpha value is -0.920. The molecule has 0 aromatic rings. The molecule has 2 unspecified atom stereocenters. The minimum Gasteiger partial charge on any atom is -0.387 e. The van der Waals surface area contributed by atoms with Crippen LogP contribution in [0.15, 0.2) is 12.2 Å². The maximum Gasteiger partial charge on any atom is 0.267 e. The van der Waals surface area contributed by atoms with Crippen LogP contribution in [-0.4, -0.2) is 41.9 Å². The van der Waals surface area contributed by atoms with Crippen LogP contribution in [0.25, 0.3) is 0 Å². The molecule has 0 aromatic heterocycles. The Labute approximate surface area is 203 Å². The van der Waals surface area contributed by atoms with Gasteiger partial charge in [0.1, 0.15) is 0 Å². The van der Waals surface area contributed by atoms with Crippen LogP contribution in [0.4, 0.5) is 0 Å². The van der Waals surface area contributed by atoms with E-state index in [-0.39, 0.29) is 5.91 Å². The van der Waals surface area contributed by atoms with E-state index in [2.05, 4.69) is 19.2 Å². The quantitative estimate of drug-likeness (QED) is 0.0883. The van der Waals surface area contributed by atoms with E-state index in [4.69, 9.17) is 0 Å². The predicted molar refractivity (Wildman–Crippen MR) is 138 cm³/mol. The number of allylic oxidation sites excluding steroid dienone is 1. The molecular weight excluding hydrogens is 438 g/mol. The van der Waals surface area contributed by atoms with Crippen LogP contribution in [0.3, 0.4) is 0 Å². The Bertz CT molecular complexity index is 591. The van der Waals surface area contributed by atoms with E-state index in [1.165, 1.54) is 70.3 Å². The molecule has 0 aliphatic carbocycles. The highest BCUT2D eigenvalue weighted by molar-refractivity contribution is 7.85. The summed E-state index contributed by atoms with van der Waals surface area (Å²) in [6.45, 7) is 4.35. The molecule has 6 nitrogen and oxygen atoms in total. The maximum absolute atomic E-state index is 12.2. The number of aliphatic hydroxyl groups excluding tert-OH is 1. The number of rotatable bonds is 23. The molecule has 7 heteroatoms. The minimum atomic E-state index is -4.31. The molecule has 0 bridgehead atoms. The zero-order valence-corrected chi connectivity index (χ0v) is 22.1. The Kier molecular flexibility index (Phi) is 21.0. The normalized spacial score (nSPS) is 13.9. The zero-order chi connectivity index (χ0) is 24.8. The van der Waals surface area contributed by atoms with Crippen LogP contribution in [0.1, 0.15) is 129 Å². The summed E-state index contributed by atoms with van der Waals surface area (Å²) in [5.41, 5.74) is 0. The minimum absolute atomic E-state index is 0.287. The van der Waals surface area contributed by atoms with Gasteiger partial charge in [-0.2, -0.15) is 8.42 Å². The lowest BCUT2D eigenvalue weighted by atomic mass is 10.0.